The fourth-order valence-electron chi connectivity index (χ4n) is 1.59. The van der Waals surface area contributed by atoms with Crippen LogP contribution in [0.25, 0.3) is 0 Å². The number of benzene rings is 1. The molecule has 2 amide bonds. The van der Waals surface area contributed by atoms with Gasteiger partial charge in [-0.1, -0.05) is 12.1 Å². The molecule has 0 aromatic heterocycles. The second kappa shape index (κ2) is 8.16. The van der Waals surface area contributed by atoms with Gasteiger partial charge in [-0.15, -0.1) is 0 Å². The highest BCUT2D eigenvalue weighted by molar-refractivity contribution is 5.87. The van der Waals surface area contributed by atoms with Crippen molar-refractivity contribution < 1.29 is 19.4 Å². The first-order chi connectivity index (χ1) is 9.52. The lowest BCUT2D eigenvalue weighted by Crippen LogP contribution is -2.39. The Morgan fingerprint density at radius 2 is 1.90 bits per heavy atom. The van der Waals surface area contributed by atoms with Crippen molar-refractivity contribution in [3.8, 4) is 0 Å². The Labute approximate surface area is 118 Å². The van der Waals surface area contributed by atoms with Crippen molar-refractivity contribution in [1.82, 2.24) is 10.6 Å². The number of carbonyl (C=O) groups excluding carboxylic acids is 1. The van der Waals surface area contributed by atoms with E-state index in [9.17, 15) is 9.59 Å². The molecule has 0 bridgehead atoms. The lowest BCUT2D eigenvalue weighted by atomic mass is 10.1. The quantitative estimate of drug-likeness (QED) is 0.708. The van der Waals surface area contributed by atoms with E-state index < -0.39 is 5.97 Å². The van der Waals surface area contributed by atoms with Gasteiger partial charge in [-0.3, -0.25) is 0 Å². The van der Waals surface area contributed by atoms with Gasteiger partial charge >= 0.3 is 12.0 Å². The van der Waals surface area contributed by atoms with E-state index in [2.05, 4.69) is 10.6 Å². The molecule has 0 heterocycles. The molecule has 110 valence electrons. The van der Waals surface area contributed by atoms with E-state index in [4.69, 9.17) is 9.84 Å². The van der Waals surface area contributed by atoms with Gasteiger partial charge in [0.2, 0.25) is 0 Å². The van der Waals surface area contributed by atoms with Crippen molar-refractivity contribution in [2.75, 3.05) is 13.2 Å². The van der Waals surface area contributed by atoms with Gasteiger partial charge in [0.1, 0.15) is 0 Å². The van der Waals surface area contributed by atoms with Crippen LogP contribution in [0.2, 0.25) is 0 Å². The van der Waals surface area contributed by atoms with Crippen molar-refractivity contribution >= 4 is 12.0 Å². The number of ether oxygens (including phenoxy) is 1. The summed E-state index contributed by atoms with van der Waals surface area (Å²) in [5.74, 6) is -0.966. The summed E-state index contributed by atoms with van der Waals surface area (Å²) in [7, 11) is 0. The number of carboxylic acid groups (broad SMARTS) is 1. The Morgan fingerprint density at radius 1 is 1.25 bits per heavy atom. The number of hydrogen-bond donors (Lipinski definition) is 3. The van der Waals surface area contributed by atoms with Crippen molar-refractivity contribution in [3.05, 3.63) is 35.4 Å². The zero-order valence-electron chi connectivity index (χ0n) is 11.7. The minimum absolute atomic E-state index is 0.0272. The molecule has 0 aliphatic carbocycles. The molecule has 1 atom stereocenters. The number of nitrogens with one attached hydrogen (secondary N) is 2. The summed E-state index contributed by atoms with van der Waals surface area (Å²) in [4.78, 5) is 22.2. The maximum absolute atomic E-state index is 11.5. The van der Waals surface area contributed by atoms with E-state index in [-0.39, 0.29) is 17.7 Å². The molecule has 0 aliphatic heterocycles. The minimum atomic E-state index is -0.966. The second-order valence-corrected chi connectivity index (χ2v) is 4.33. The van der Waals surface area contributed by atoms with Crippen LogP contribution in [0.15, 0.2) is 24.3 Å². The van der Waals surface area contributed by atoms with Crippen LogP contribution in [0, 0.1) is 0 Å². The van der Waals surface area contributed by atoms with Crippen LogP contribution in [0.5, 0.6) is 0 Å². The minimum Gasteiger partial charge on any atom is -0.478 e. The molecule has 0 saturated carbocycles. The average molecular weight is 280 g/mol. The number of aromatic carboxylic acids is 1. The molecular formula is C14H20N2O4. The molecular weight excluding hydrogens is 260 g/mol. The third kappa shape index (κ3) is 5.71. The van der Waals surface area contributed by atoms with Crippen molar-refractivity contribution in [2.45, 2.75) is 26.5 Å². The normalized spacial score (nSPS) is 11.7. The topological polar surface area (TPSA) is 87.7 Å². The molecule has 0 radical (unpaired) electrons. The van der Waals surface area contributed by atoms with E-state index in [0.29, 0.717) is 19.7 Å². The number of hydrogen-bond acceptors (Lipinski definition) is 3. The number of rotatable bonds is 7. The number of amides is 2. The summed E-state index contributed by atoms with van der Waals surface area (Å²) in [5, 5.41) is 14.2. The van der Waals surface area contributed by atoms with Crippen LogP contribution in [0.1, 0.15) is 29.8 Å². The van der Waals surface area contributed by atoms with Crippen molar-refractivity contribution in [1.29, 1.82) is 0 Å². The Balaban J connectivity index is 2.32. The SMILES string of the molecule is CCOC(C)CNC(=O)NCc1ccc(C(=O)O)cc1. The largest absolute Gasteiger partial charge is 0.478 e. The van der Waals surface area contributed by atoms with Crippen molar-refractivity contribution in [2.24, 2.45) is 0 Å². The number of urea groups is 1. The van der Waals surface area contributed by atoms with Gasteiger partial charge in [-0.05, 0) is 31.5 Å². The third-order valence-electron chi connectivity index (χ3n) is 2.66. The predicted molar refractivity (Wildman–Crippen MR) is 74.7 cm³/mol. The Bertz CT molecular complexity index is 445. The smallest absolute Gasteiger partial charge is 0.335 e. The summed E-state index contributed by atoms with van der Waals surface area (Å²) in [5.41, 5.74) is 1.06. The highest BCUT2D eigenvalue weighted by Crippen LogP contribution is 2.04. The maximum Gasteiger partial charge on any atom is 0.335 e. The van der Waals surface area contributed by atoms with Gasteiger partial charge in [-0.25, -0.2) is 9.59 Å². The molecule has 1 aromatic carbocycles. The molecule has 0 fully saturated rings. The molecule has 1 unspecified atom stereocenters. The van der Waals surface area contributed by atoms with Crippen LogP contribution >= 0.6 is 0 Å². The third-order valence-corrected chi connectivity index (χ3v) is 2.66. The lowest BCUT2D eigenvalue weighted by Gasteiger charge is -2.13. The fraction of sp³-hybridized carbons (Fsp3) is 0.429. The highest BCUT2D eigenvalue weighted by Gasteiger charge is 2.05. The summed E-state index contributed by atoms with van der Waals surface area (Å²) in [6.07, 6.45) is -0.0272. The zero-order chi connectivity index (χ0) is 15.0. The van der Waals surface area contributed by atoms with Crippen LogP contribution in [-0.2, 0) is 11.3 Å². The van der Waals surface area contributed by atoms with E-state index >= 15 is 0 Å². The van der Waals surface area contributed by atoms with E-state index in [0.717, 1.165) is 5.56 Å². The fourth-order valence-corrected chi connectivity index (χ4v) is 1.59. The van der Waals surface area contributed by atoms with Crippen molar-refractivity contribution in [3.63, 3.8) is 0 Å². The number of carboxylic acids is 1. The molecule has 6 heteroatoms. The maximum atomic E-state index is 11.5. The highest BCUT2D eigenvalue weighted by atomic mass is 16.5. The van der Waals surface area contributed by atoms with Crippen LogP contribution < -0.4 is 10.6 Å². The van der Waals surface area contributed by atoms with Gasteiger partial charge in [0, 0.05) is 19.7 Å². The predicted octanol–water partition coefficient (Wildman–Crippen LogP) is 1.61. The Morgan fingerprint density at radius 3 is 2.45 bits per heavy atom. The zero-order valence-corrected chi connectivity index (χ0v) is 11.7. The summed E-state index contributed by atoms with van der Waals surface area (Å²) < 4.78 is 5.29. The van der Waals surface area contributed by atoms with E-state index in [1.807, 2.05) is 13.8 Å². The van der Waals surface area contributed by atoms with Crippen LogP contribution in [-0.4, -0.2) is 36.4 Å². The van der Waals surface area contributed by atoms with Gasteiger partial charge in [0.05, 0.1) is 11.7 Å². The molecule has 1 aromatic rings. The van der Waals surface area contributed by atoms with Gasteiger partial charge in [-0.2, -0.15) is 0 Å². The second-order valence-electron chi connectivity index (χ2n) is 4.33. The lowest BCUT2D eigenvalue weighted by molar-refractivity contribution is 0.0696. The summed E-state index contributed by atoms with van der Waals surface area (Å²) >= 11 is 0. The number of carbonyl (C=O) groups is 2. The molecule has 20 heavy (non-hydrogen) atoms. The summed E-state index contributed by atoms with van der Waals surface area (Å²) in [6, 6.07) is 6.08. The summed E-state index contributed by atoms with van der Waals surface area (Å²) in [6.45, 7) is 5.18. The van der Waals surface area contributed by atoms with E-state index in [1.54, 1.807) is 12.1 Å². The first-order valence-electron chi connectivity index (χ1n) is 6.48. The van der Waals surface area contributed by atoms with Crippen LogP contribution in [0.4, 0.5) is 4.79 Å². The Hall–Kier alpha value is -2.08. The molecule has 0 spiro atoms. The van der Waals surface area contributed by atoms with Gasteiger partial charge in [0.25, 0.3) is 0 Å². The van der Waals surface area contributed by atoms with E-state index in [1.165, 1.54) is 12.1 Å². The Kier molecular flexibility index (Phi) is 6.52. The van der Waals surface area contributed by atoms with Gasteiger partial charge < -0.3 is 20.5 Å². The first kappa shape index (κ1) is 16.0. The van der Waals surface area contributed by atoms with Gasteiger partial charge in [0.15, 0.2) is 0 Å². The monoisotopic (exact) mass is 280 g/mol. The molecule has 0 saturated heterocycles. The molecule has 1 rings (SSSR count). The average Bonchev–Trinajstić information content (AvgIpc) is 2.43. The van der Waals surface area contributed by atoms with Crippen LogP contribution in [0.3, 0.4) is 0 Å². The molecule has 6 nitrogen and oxygen atoms in total. The molecule has 0 aliphatic rings. The molecule has 3 N–H and O–H groups in total. The first-order valence-corrected chi connectivity index (χ1v) is 6.48. The standard InChI is InChI=1S/C14H20N2O4/c1-3-20-10(2)8-15-14(19)16-9-11-4-6-12(7-5-11)13(17)18/h4-7,10H,3,8-9H2,1-2H3,(H,17,18)(H2,15,16,19).